The largest absolute Gasteiger partial charge is 0.376 e. The molecular weight excluding hydrogens is 238 g/mol. The molecule has 1 saturated heterocycles. The van der Waals surface area contributed by atoms with Crippen molar-refractivity contribution in [3.63, 3.8) is 0 Å². The molecule has 1 aliphatic rings. The maximum Gasteiger partial charge on any atom is 0.0771 e. The number of ether oxygens (including phenoxy) is 1. The zero-order chi connectivity index (χ0) is 13.7. The van der Waals surface area contributed by atoms with E-state index in [1.807, 2.05) is 7.05 Å². The van der Waals surface area contributed by atoms with Gasteiger partial charge in [0.2, 0.25) is 0 Å². The Morgan fingerprint density at radius 1 is 1.32 bits per heavy atom. The van der Waals surface area contributed by atoms with E-state index in [-0.39, 0.29) is 0 Å². The summed E-state index contributed by atoms with van der Waals surface area (Å²) in [6.45, 7) is 7.14. The van der Waals surface area contributed by atoms with Gasteiger partial charge in [-0.15, -0.1) is 0 Å². The van der Waals surface area contributed by atoms with Crippen LogP contribution in [-0.4, -0.2) is 29.5 Å². The molecule has 0 spiro atoms. The van der Waals surface area contributed by atoms with Crippen LogP contribution in [-0.2, 0) is 30.7 Å². The van der Waals surface area contributed by atoms with Crippen molar-refractivity contribution in [1.82, 2.24) is 15.1 Å². The Labute approximate surface area is 116 Å². The lowest BCUT2D eigenvalue weighted by Crippen LogP contribution is -2.26. The summed E-state index contributed by atoms with van der Waals surface area (Å²) in [5, 5.41) is 8.07. The first-order valence-corrected chi connectivity index (χ1v) is 7.63. The first-order valence-electron chi connectivity index (χ1n) is 7.63. The van der Waals surface area contributed by atoms with E-state index >= 15 is 0 Å². The second-order valence-electron chi connectivity index (χ2n) is 5.28. The Morgan fingerprint density at radius 2 is 2.16 bits per heavy atom. The van der Waals surface area contributed by atoms with Crippen LogP contribution in [0.3, 0.4) is 0 Å². The average molecular weight is 265 g/mol. The van der Waals surface area contributed by atoms with E-state index < -0.39 is 0 Å². The molecule has 1 aromatic rings. The molecule has 1 aromatic heterocycles. The molecular formula is C15H27N3O. The molecule has 4 nitrogen and oxygen atoms in total. The summed E-state index contributed by atoms with van der Waals surface area (Å²) in [7, 11) is 2.00. The molecule has 0 bridgehead atoms. The predicted molar refractivity (Wildman–Crippen MR) is 77.3 cm³/mol. The molecule has 108 valence electrons. The van der Waals surface area contributed by atoms with Crippen molar-refractivity contribution >= 4 is 0 Å². The maximum absolute atomic E-state index is 5.85. The highest BCUT2D eigenvalue weighted by atomic mass is 16.5. The second kappa shape index (κ2) is 7.06. The lowest BCUT2D eigenvalue weighted by atomic mass is 10.1. The number of nitrogens with zero attached hydrogens (tertiary/aromatic N) is 2. The summed E-state index contributed by atoms with van der Waals surface area (Å²) in [6, 6.07) is 0. The van der Waals surface area contributed by atoms with Crippen LogP contribution < -0.4 is 5.32 Å². The quantitative estimate of drug-likeness (QED) is 0.858. The maximum atomic E-state index is 5.85. The lowest BCUT2D eigenvalue weighted by Gasteiger charge is -2.23. The molecule has 0 aromatic carbocycles. The minimum absolute atomic E-state index is 0.353. The van der Waals surface area contributed by atoms with E-state index in [1.165, 1.54) is 36.2 Å². The number of rotatable bonds is 6. The van der Waals surface area contributed by atoms with Gasteiger partial charge in [0.05, 0.1) is 18.3 Å². The summed E-state index contributed by atoms with van der Waals surface area (Å²) in [5.41, 5.74) is 4.01. The van der Waals surface area contributed by atoms with Crippen LogP contribution in [0.15, 0.2) is 0 Å². The fourth-order valence-corrected chi connectivity index (χ4v) is 2.94. The van der Waals surface area contributed by atoms with Crippen LogP contribution >= 0.6 is 0 Å². The third kappa shape index (κ3) is 3.37. The van der Waals surface area contributed by atoms with Crippen molar-refractivity contribution in [2.75, 3.05) is 13.7 Å². The SMILES string of the molecule is CCc1nn(CC2CCCCO2)c(CC)c1CNC. The molecule has 1 unspecified atom stereocenters. The smallest absolute Gasteiger partial charge is 0.0771 e. The molecule has 2 rings (SSSR count). The Balaban J connectivity index is 2.18. The van der Waals surface area contributed by atoms with Gasteiger partial charge in [0.1, 0.15) is 0 Å². The van der Waals surface area contributed by atoms with Crippen LogP contribution in [0.2, 0.25) is 0 Å². The van der Waals surface area contributed by atoms with Crippen molar-refractivity contribution in [3.8, 4) is 0 Å². The topological polar surface area (TPSA) is 39.1 Å². The minimum atomic E-state index is 0.353. The van der Waals surface area contributed by atoms with E-state index in [1.54, 1.807) is 0 Å². The van der Waals surface area contributed by atoms with Gasteiger partial charge in [0, 0.05) is 24.4 Å². The normalized spacial score (nSPS) is 19.8. The highest BCUT2D eigenvalue weighted by molar-refractivity contribution is 5.26. The summed E-state index contributed by atoms with van der Waals surface area (Å²) >= 11 is 0. The van der Waals surface area contributed by atoms with E-state index in [2.05, 4.69) is 23.8 Å². The standard InChI is InChI=1S/C15H27N3O/c1-4-14-13(10-16-3)15(5-2)18(17-14)11-12-8-6-7-9-19-12/h12,16H,4-11H2,1-3H3. The monoisotopic (exact) mass is 265 g/mol. The van der Waals surface area contributed by atoms with E-state index in [4.69, 9.17) is 9.84 Å². The van der Waals surface area contributed by atoms with Crippen molar-refractivity contribution in [1.29, 1.82) is 0 Å². The van der Waals surface area contributed by atoms with Crippen molar-refractivity contribution in [2.45, 2.75) is 65.1 Å². The summed E-state index contributed by atoms with van der Waals surface area (Å²) in [6.07, 6.45) is 6.07. The Bertz CT molecular complexity index is 394. The van der Waals surface area contributed by atoms with Gasteiger partial charge in [-0.05, 0) is 39.2 Å². The van der Waals surface area contributed by atoms with Crippen LogP contribution in [0.4, 0.5) is 0 Å². The van der Waals surface area contributed by atoms with Crippen LogP contribution in [0.25, 0.3) is 0 Å². The minimum Gasteiger partial charge on any atom is -0.376 e. The van der Waals surface area contributed by atoms with Gasteiger partial charge in [0.15, 0.2) is 0 Å². The predicted octanol–water partition coefficient (Wildman–Crippen LogP) is 2.30. The van der Waals surface area contributed by atoms with Crippen LogP contribution in [0.1, 0.15) is 50.1 Å². The molecule has 0 aliphatic carbocycles. The number of aryl methyl sites for hydroxylation is 1. The fourth-order valence-electron chi connectivity index (χ4n) is 2.94. The first kappa shape index (κ1) is 14.5. The molecule has 0 saturated carbocycles. The number of aromatic nitrogens is 2. The Hall–Kier alpha value is -0.870. The number of hydrogen-bond donors (Lipinski definition) is 1. The molecule has 19 heavy (non-hydrogen) atoms. The first-order chi connectivity index (χ1) is 9.30. The van der Waals surface area contributed by atoms with Gasteiger partial charge in [0.25, 0.3) is 0 Å². The third-order valence-electron chi connectivity index (χ3n) is 3.92. The highest BCUT2D eigenvalue weighted by Gasteiger charge is 2.19. The molecule has 2 heterocycles. The van der Waals surface area contributed by atoms with Crippen LogP contribution in [0.5, 0.6) is 0 Å². The Kier molecular flexibility index (Phi) is 5.40. The molecule has 4 heteroatoms. The van der Waals surface area contributed by atoms with Gasteiger partial charge in [-0.25, -0.2) is 0 Å². The van der Waals surface area contributed by atoms with Crippen LogP contribution in [0, 0.1) is 0 Å². The average Bonchev–Trinajstić information content (AvgIpc) is 2.77. The van der Waals surface area contributed by atoms with Gasteiger partial charge in [-0.1, -0.05) is 13.8 Å². The van der Waals surface area contributed by atoms with E-state index in [0.29, 0.717) is 6.10 Å². The summed E-state index contributed by atoms with van der Waals surface area (Å²) in [4.78, 5) is 0. The van der Waals surface area contributed by atoms with Crippen molar-refractivity contribution in [3.05, 3.63) is 17.0 Å². The highest BCUT2D eigenvalue weighted by Crippen LogP contribution is 2.20. The zero-order valence-electron chi connectivity index (χ0n) is 12.5. The third-order valence-corrected chi connectivity index (χ3v) is 3.92. The summed E-state index contributed by atoms with van der Waals surface area (Å²) < 4.78 is 8.04. The van der Waals surface area contributed by atoms with Crippen molar-refractivity contribution < 1.29 is 4.74 Å². The fraction of sp³-hybridized carbons (Fsp3) is 0.800. The van der Waals surface area contributed by atoms with E-state index in [0.717, 1.165) is 32.5 Å². The van der Waals surface area contributed by atoms with Gasteiger partial charge in [-0.3, -0.25) is 4.68 Å². The van der Waals surface area contributed by atoms with E-state index in [9.17, 15) is 0 Å². The Morgan fingerprint density at radius 3 is 2.74 bits per heavy atom. The van der Waals surface area contributed by atoms with Gasteiger partial charge < -0.3 is 10.1 Å². The molecule has 1 atom stereocenters. The second-order valence-corrected chi connectivity index (χ2v) is 5.28. The molecule has 0 amide bonds. The molecule has 1 fully saturated rings. The summed E-state index contributed by atoms with van der Waals surface area (Å²) in [5.74, 6) is 0. The molecule has 1 aliphatic heterocycles. The number of hydrogen-bond acceptors (Lipinski definition) is 3. The number of nitrogens with one attached hydrogen (secondary N) is 1. The molecule has 0 radical (unpaired) electrons. The van der Waals surface area contributed by atoms with Gasteiger partial charge >= 0.3 is 0 Å². The molecule has 1 N–H and O–H groups in total. The van der Waals surface area contributed by atoms with Gasteiger partial charge in [-0.2, -0.15) is 5.10 Å². The zero-order valence-corrected chi connectivity index (χ0v) is 12.5. The van der Waals surface area contributed by atoms with Crippen molar-refractivity contribution in [2.24, 2.45) is 0 Å². The lowest BCUT2D eigenvalue weighted by molar-refractivity contribution is 0.00348.